The first-order valence-electron chi connectivity index (χ1n) is 6.23. The van der Waals surface area contributed by atoms with E-state index >= 15 is 0 Å². The van der Waals surface area contributed by atoms with E-state index in [0.29, 0.717) is 0 Å². The predicted octanol–water partition coefficient (Wildman–Crippen LogP) is 3.84. The van der Waals surface area contributed by atoms with Crippen molar-refractivity contribution in [2.75, 3.05) is 0 Å². The lowest BCUT2D eigenvalue weighted by atomic mass is 9.66. The molecular weight excluding hydrogens is 393 g/mol. The van der Waals surface area contributed by atoms with E-state index in [1.807, 2.05) is 0 Å². The zero-order valence-corrected chi connectivity index (χ0v) is 14.4. The number of halogens is 5. The average molecular weight is 400 g/mol. The van der Waals surface area contributed by atoms with Gasteiger partial charge in [-0.3, -0.25) is 14.4 Å². The summed E-state index contributed by atoms with van der Waals surface area (Å²) < 4.78 is -4.11. The molecule has 3 rings (SSSR count). The molecule has 0 bridgehead atoms. The molecule has 0 aromatic heterocycles. The Morgan fingerprint density at radius 2 is 1.36 bits per heavy atom. The van der Waals surface area contributed by atoms with Gasteiger partial charge in [0.1, 0.15) is 9.71 Å². The maximum absolute atomic E-state index is 12.7. The standard InChI is InChI=1S/C14H7Cl5O3/c15-12-13(16,17)8-7(11(22)14(12,18)19)9(20)5-3-1-2-4-6(5)10(8)21/h1-4,7-8,12H. The number of ketones is 3. The molecule has 8 heteroatoms. The Bertz CT molecular complexity index is 712. The van der Waals surface area contributed by atoms with Gasteiger partial charge in [-0.1, -0.05) is 70.7 Å². The van der Waals surface area contributed by atoms with Crippen molar-refractivity contribution in [3.05, 3.63) is 35.4 Å². The van der Waals surface area contributed by atoms with E-state index in [1.54, 1.807) is 12.1 Å². The molecule has 0 saturated heterocycles. The minimum absolute atomic E-state index is 0.128. The van der Waals surface area contributed by atoms with Crippen LogP contribution in [-0.4, -0.2) is 31.4 Å². The molecule has 1 saturated carbocycles. The summed E-state index contributed by atoms with van der Waals surface area (Å²) in [6.45, 7) is 0. The van der Waals surface area contributed by atoms with Gasteiger partial charge in [0.15, 0.2) is 21.7 Å². The van der Waals surface area contributed by atoms with Gasteiger partial charge in [0.05, 0.1) is 11.8 Å². The minimum atomic E-state index is -2.16. The molecular formula is C14H7Cl5O3. The smallest absolute Gasteiger partial charge is 0.195 e. The van der Waals surface area contributed by atoms with Gasteiger partial charge in [-0.25, -0.2) is 0 Å². The Hall–Kier alpha value is -0.320. The second-order valence-corrected chi connectivity index (χ2v) is 8.52. The van der Waals surface area contributed by atoms with Crippen molar-refractivity contribution in [2.24, 2.45) is 11.8 Å². The number of Topliss-reactive ketones (excluding diaryl/α,β-unsaturated/α-hetero) is 3. The highest BCUT2D eigenvalue weighted by Gasteiger charge is 2.68. The van der Waals surface area contributed by atoms with Gasteiger partial charge in [0, 0.05) is 11.1 Å². The number of hydrogen-bond acceptors (Lipinski definition) is 3. The molecule has 0 N–H and O–H groups in total. The van der Waals surface area contributed by atoms with E-state index in [2.05, 4.69) is 0 Å². The van der Waals surface area contributed by atoms with E-state index in [-0.39, 0.29) is 11.1 Å². The Labute approximate surface area is 150 Å². The number of carbonyl (C=O) groups excluding carboxylic acids is 3. The maximum Gasteiger partial charge on any atom is 0.195 e. The van der Waals surface area contributed by atoms with Crippen molar-refractivity contribution < 1.29 is 14.4 Å². The van der Waals surface area contributed by atoms with Crippen molar-refractivity contribution in [3.8, 4) is 0 Å². The number of fused-ring (bicyclic) bond motifs is 2. The SMILES string of the molecule is O=C1c2ccccc2C(=O)C2C1C(=O)C(Cl)(Cl)C(Cl)C2(Cl)Cl. The van der Waals surface area contributed by atoms with Crippen LogP contribution in [0.2, 0.25) is 0 Å². The van der Waals surface area contributed by atoms with Crippen molar-refractivity contribution in [1.29, 1.82) is 0 Å². The minimum Gasteiger partial charge on any atom is -0.295 e. The third-order valence-corrected chi connectivity index (χ3v) is 6.87. The molecule has 0 aliphatic heterocycles. The summed E-state index contributed by atoms with van der Waals surface area (Å²) in [5, 5.41) is -1.44. The zero-order chi connectivity index (χ0) is 16.4. The lowest BCUT2D eigenvalue weighted by Crippen LogP contribution is -2.64. The summed E-state index contributed by atoms with van der Waals surface area (Å²) in [5.74, 6) is -4.72. The molecule has 3 atom stereocenters. The summed E-state index contributed by atoms with van der Waals surface area (Å²) in [5.41, 5.74) is 0.288. The summed E-state index contributed by atoms with van der Waals surface area (Å²) in [4.78, 5) is 37.8. The Kier molecular flexibility index (Phi) is 3.82. The number of rotatable bonds is 0. The quantitative estimate of drug-likeness (QED) is 0.491. The summed E-state index contributed by atoms with van der Waals surface area (Å²) in [6.07, 6.45) is 0. The Morgan fingerprint density at radius 1 is 0.864 bits per heavy atom. The fraction of sp³-hybridized carbons (Fsp3) is 0.357. The second-order valence-electron chi connectivity index (χ2n) is 5.25. The molecule has 0 spiro atoms. The van der Waals surface area contributed by atoms with E-state index < -0.39 is 43.2 Å². The third kappa shape index (κ3) is 1.99. The van der Waals surface area contributed by atoms with Crippen LogP contribution in [0, 0.1) is 11.8 Å². The van der Waals surface area contributed by atoms with Gasteiger partial charge < -0.3 is 0 Å². The topological polar surface area (TPSA) is 51.2 Å². The molecule has 1 aromatic rings. The Balaban J connectivity index is 2.26. The molecule has 3 nitrogen and oxygen atoms in total. The number of benzene rings is 1. The molecule has 116 valence electrons. The van der Waals surface area contributed by atoms with Crippen LogP contribution in [0.3, 0.4) is 0 Å². The lowest BCUT2D eigenvalue weighted by molar-refractivity contribution is -0.125. The van der Waals surface area contributed by atoms with Crippen molar-refractivity contribution >= 4 is 75.4 Å². The molecule has 3 unspecified atom stereocenters. The van der Waals surface area contributed by atoms with Crippen LogP contribution in [0.4, 0.5) is 0 Å². The Morgan fingerprint density at radius 3 is 1.91 bits per heavy atom. The lowest BCUT2D eigenvalue weighted by Gasteiger charge is -2.47. The second kappa shape index (κ2) is 5.09. The summed E-state index contributed by atoms with van der Waals surface area (Å²) >= 11 is 30.4. The number of carbonyl (C=O) groups is 3. The van der Waals surface area contributed by atoms with E-state index in [0.717, 1.165) is 0 Å². The molecule has 0 heterocycles. The van der Waals surface area contributed by atoms with E-state index in [1.165, 1.54) is 12.1 Å². The van der Waals surface area contributed by atoms with Crippen LogP contribution in [0.15, 0.2) is 24.3 Å². The molecule has 1 fully saturated rings. The summed E-state index contributed by atoms with van der Waals surface area (Å²) in [7, 11) is 0. The molecule has 0 amide bonds. The zero-order valence-electron chi connectivity index (χ0n) is 10.7. The van der Waals surface area contributed by atoms with Crippen LogP contribution in [0.1, 0.15) is 20.7 Å². The fourth-order valence-corrected chi connectivity index (χ4v) is 4.77. The van der Waals surface area contributed by atoms with Crippen molar-refractivity contribution in [2.45, 2.75) is 14.0 Å². The van der Waals surface area contributed by atoms with Crippen molar-refractivity contribution in [1.82, 2.24) is 0 Å². The predicted molar refractivity (Wildman–Crippen MR) is 85.6 cm³/mol. The highest BCUT2D eigenvalue weighted by atomic mass is 35.5. The summed E-state index contributed by atoms with van der Waals surface area (Å²) in [6, 6.07) is 6.13. The fourth-order valence-electron chi connectivity index (χ4n) is 2.95. The first kappa shape index (κ1) is 16.5. The highest BCUT2D eigenvalue weighted by molar-refractivity contribution is 6.67. The van der Waals surface area contributed by atoms with Gasteiger partial charge in [-0.15, -0.1) is 11.6 Å². The van der Waals surface area contributed by atoms with Crippen LogP contribution < -0.4 is 0 Å². The average Bonchev–Trinajstić information content (AvgIpc) is 2.47. The van der Waals surface area contributed by atoms with Crippen LogP contribution in [0.5, 0.6) is 0 Å². The monoisotopic (exact) mass is 398 g/mol. The molecule has 2 aliphatic rings. The normalized spacial score (nSPS) is 32.4. The van der Waals surface area contributed by atoms with Gasteiger partial charge >= 0.3 is 0 Å². The van der Waals surface area contributed by atoms with E-state index in [4.69, 9.17) is 58.0 Å². The van der Waals surface area contributed by atoms with Crippen LogP contribution in [-0.2, 0) is 4.79 Å². The van der Waals surface area contributed by atoms with Gasteiger partial charge in [0.2, 0.25) is 0 Å². The molecule has 22 heavy (non-hydrogen) atoms. The third-order valence-electron chi connectivity index (χ3n) is 4.04. The largest absolute Gasteiger partial charge is 0.295 e. The van der Waals surface area contributed by atoms with Crippen molar-refractivity contribution in [3.63, 3.8) is 0 Å². The van der Waals surface area contributed by atoms with Crippen LogP contribution in [0.25, 0.3) is 0 Å². The maximum atomic E-state index is 12.7. The molecule has 0 radical (unpaired) electrons. The first-order chi connectivity index (χ1) is 10.1. The number of hydrogen-bond donors (Lipinski definition) is 0. The van der Waals surface area contributed by atoms with E-state index in [9.17, 15) is 14.4 Å². The molecule has 1 aromatic carbocycles. The molecule has 2 aliphatic carbocycles. The van der Waals surface area contributed by atoms with Gasteiger partial charge in [-0.05, 0) is 0 Å². The van der Waals surface area contributed by atoms with Gasteiger partial charge in [-0.2, -0.15) is 0 Å². The number of alkyl halides is 5. The van der Waals surface area contributed by atoms with Crippen LogP contribution >= 0.6 is 58.0 Å². The highest BCUT2D eigenvalue weighted by Crippen LogP contribution is 2.57. The van der Waals surface area contributed by atoms with Gasteiger partial charge in [0.25, 0.3) is 0 Å². The first-order valence-corrected chi connectivity index (χ1v) is 8.18.